The predicted molar refractivity (Wildman–Crippen MR) is 85.3 cm³/mol. The van der Waals surface area contributed by atoms with E-state index in [1.54, 1.807) is 0 Å². The molecule has 1 aromatic rings. The van der Waals surface area contributed by atoms with E-state index in [1.165, 1.54) is 0 Å². The van der Waals surface area contributed by atoms with E-state index in [4.69, 9.17) is 14.0 Å². The van der Waals surface area contributed by atoms with Crippen molar-refractivity contribution in [3.05, 3.63) is 23.8 Å². The lowest BCUT2D eigenvalue weighted by Crippen LogP contribution is -2.41. The molecular weight excluding hydrogens is 281 g/mol. The second kappa shape index (κ2) is 4.49. The fourth-order valence-corrected chi connectivity index (χ4v) is 2.74. The van der Waals surface area contributed by atoms with Gasteiger partial charge in [0.1, 0.15) is 5.60 Å². The van der Waals surface area contributed by atoms with Gasteiger partial charge in [0.2, 0.25) is 0 Å². The minimum atomic E-state index is -0.647. The van der Waals surface area contributed by atoms with Crippen LogP contribution in [0.3, 0.4) is 0 Å². The van der Waals surface area contributed by atoms with Crippen LogP contribution in [-0.4, -0.2) is 24.4 Å². The summed E-state index contributed by atoms with van der Waals surface area (Å²) in [6, 6.07) is 5.82. The highest BCUT2D eigenvalue weighted by molar-refractivity contribution is 6.62. The summed E-state index contributed by atoms with van der Waals surface area (Å²) in [5.41, 5.74) is 1.14. The van der Waals surface area contributed by atoms with E-state index >= 15 is 0 Å². The van der Waals surface area contributed by atoms with Gasteiger partial charge in [0.05, 0.1) is 16.9 Å². The largest absolute Gasteiger partial charge is 0.494 e. The highest BCUT2D eigenvalue weighted by Crippen LogP contribution is 2.38. The molecule has 1 N–H and O–H groups in total. The van der Waals surface area contributed by atoms with E-state index in [0.29, 0.717) is 0 Å². The number of cyclic esters (lactones) is 1. The van der Waals surface area contributed by atoms with Gasteiger partial charge in [-0.15, -0.1) is 0 Å². The Hall–Kier alpha value is -1.53. The second-order valence-corrected chi connectivity index (χ2v) is 7.42. The van der Waals surface area contributed by atoms with Crippen molar-refractivity contribution >= 4 is 24.4 Å². The van der Waals surface area contributed by atoms with E-state index in [-0.39, 0.29) is 11.2 Å². The van der Waals surface area contributed by atoms with E-state index in [2.05, 4.69) is 5.32 Å². The molecule has 1 fully saturated rings. The zero-order valence-corrected chi connectivity index (χ0v) is 13.9. The average Bonchev–Trinajstić information content (AvgIpc) is 2.56. The first-order valence-electron chi connectivity index (χ1n) is 7.52. The van der Waals surface area contributed by atoms with Crippen LogP contribution in [0, 0.1) is 0 Å². The van der Waals surface area contributed by atoms with Gasteiger partial charge in [0.25, 0.3) is 0 Å². The highest BCUT2D eigenvalue weighted by Gasteiger charge is 2.52. The zero-order valence-electron chi connectivity index (χ0n) is 13.9. The maximum atomic E-state index is 11.7. The van der Waals surface area contributed by atoms with Crippen molar-refractivity contribution in [1.82, 2.24) is 0 Å². The lowest BCUT2D eigenvalue weighted by molar-refractivity contribution is 0.00578. The molecule has 1 amide bonds. The van der Waals surface area contributed by atoms with Crippen LogP contribution in [0.4, 0.5) is 10.5 Å². The number of nitrogens with one attached hydrogen (secondary N) is 1. The van der Waals surface area contributed by atoms with Gasteiger partial charge >= 0.3 is 13.2 Å². The van der Waals surface area contributed by atoms with Gasteiger partial charge in [0, 0.05) is 5.56 Å². The summed E-state index contributed by atoms with van der Waals surface area (Å²) >= 11 is 0. The molecule has 0 spiro atoms. The Balaban J connectivity index is 1.96. The zero-order chi connectivity index (χ0) is 16.3. The molecule has 1 saturated heterocycles. The van der Waals surface area contributed by atoms with Crippen molar-refractivity contribution in [2.24, 2.45) is 0 Å². The van der Waals surface area contributed by atoms with Gasteiger partial charge < -0.3 is 14.0 Å². The second-order valence-electron chi connectivity index (χ2n) is 7.42. The molecule has 5 nitrogen and oxygen atoms in total. The molecule has 2 aliphatic heterocycles. The number of amides is 1. The van der Waals surface area contributed by atoms with Crippen LogP contribution in [0.2, 0.25) is 0 Å². The number of carbonyl (C=O) groups excluding carboxylic acids is 1. The van der Waals surface area contributed by atoms with Crippen molar-refractivity contribution in [3.63, 3.8) is 0 Å². The first-order chi connectivity index (χ1) is 10.0. The third kappa shape index (κ3) is 2.30. The first-order valence-corrected chi connectivity index (χ1v) is 7.52. The standard InChI is InChI=1S/C16H22BNO4/c1-14(2)11-8-7-10(9-12(11)18-13(19)20-14)17-21-15(3,4)16(5,6)22-17/h7-9H,1-6H3,(H,18,19). The monoisotopic (exact) mass is 303 g/mol. The third-order valence-electron chi connectivity index (χ3n) is 4.80. The lowest BCUT2D eigenvalue weighted by Gasteiger charge is -2.32. The molecule has 0 aliphatic carbocycles. The van der Waals surface area contributed by atoms with Crippen LogP contribution in [0.1, 0.15) is 47.1 Å². The van der Waals surface area contributed by atoms with Crippen molar-refractivity contribution in [2.45, 2.75) is 58.3 Å². The Kier molecular flexibility index (Phi) is 3.14. The van der Waals surface area contributed by atoms with Crippen molar-refractivity contribution in [3.8, 4) is 0 Å². The molecule has 0 radical (unpaired) electrons. The van der Waals surface area contributed by atoms with E-state index in [0.717, 1.165) is 16.7 Å². The molecule has 3 rings (SSSR count). The summed E-state index contributed by atoms with van der Waals surface area (Å²) < 4.78 is 17.4. The molecule has 0 bridgehead atoms. The Morgan fingerprint density at radius 2 is 1.59 bits per heavy atom. The molecule has 2 aliphatic rings. The van der Waals surface area contributed by atoms with E-state index in [9.17, 15) is 4.79 Å². The van der Waals surface area contributed by atoms with Gasteiger partial charge in [-0.25, -0.2) is 4.79 Å². The number of benzene rings is 1. The summed E-state index contributed by atoms with van der Waals surface area (Å²) in [5.74, 6) is 0. The molecule has 6 heteroatoms. The molecular formula is C16H22BNO4. The molecule has 2 heterocycles. The predicted octanol–water partition coefficient (Wildman–Crippen LogP) is 2.78. The Morgan fingerprint density at radius 3 is 2.18 bits per heavy atom. The Labute approximate surface area is 131 Å². The number of hydrogen-bond donors (Lipinski definition) is 1. The summed E-state index contributed by atoms with van der Waals surface area (Å²) in [7, 11) is -0.446. The number of hydrogen-bond acceptors (Lipinski definition) is 4. The smallest absolute Gasteiger partial charge is 0.438 e. The number of rotatable bonds is 1. The highest BCUT2D eigenvalue weighted by atomic mass is 16.7. The molecule has 0 unspecified atom stereocenters. The minimum absolute atomic E-state index is 0.390. The van der Waals surface area contributed by atoms with E-state index in [1.807, 2.05) is 59.7 Å². The van der Waals surface area contributed by atoms with E-state index < -0.39 is 18.8 Å². The van der Waals surface area contributed by atoms with Crippen molar-refractivity contribution < 1.29 is 18.8 Å². The normalized spacial score (nSPS) is 24.5. The van der Waals surface area contributed by atoms with Crippen molar-refractivity contribution in [1.29, 1.82) is 0 Å². The van der Waals surface area contributed by atoms with Gasteiger partial charge in [-0.1, -0.05) is 12.1 Å². The van der Waals surface area contributed by atoms with Crippen LogP contribution in [0.15, 0.2) is 18.2 Å². The molecule has 0 saturated carbocycles. The molecule has 22 heavy (non-hydrogen) atoms. The third-order valence-corrected chi connectivity index (χ3v) is 4.80. The van der Waals surface area contributed by atoms with Crippen LogP contribution in [-0.2, 0) is 19.6 Å². The fraction of sp³-hybridized carbons (Fsp3) is 0.562. The van der Waals surface area contributed by atoms with Gasteiger partial charge in [0.15, 0.2) is 0 Å². The Morgan fingerprint density at radius 1 is 1.00 bits per heavy atom. The quantitative estimate of drug-likeness (QED) is 0.811. The number of fused-ring (bicyclic) bond motifs is 1. The topological polar surface area (TPSA) is 56.8 Å². The average molecular weight is 303 g/mol. The van der Waals surface area contributed by atoms with Crippen LogP contribution in [0.5, 0.6) is 0 Å². The summed E-state index contributed by atoms with van der Waals surface area (Å²) in [6.45, 7) is 11.8. The molecule has 0 atom stereocenters. The summed E-state index contributed by atoms with van der Waals surface area (Å²) in [4.78, 5) is 11.7. The summed E-state index contributed by atoms with van der Waals surface area (Å²) in [6.07, 6.45) is -0.441. The van der Waals surface area contributed by atoms with Gasteiger partial charge in [-0.05, 0) is 53.1 Å². The Bertz CT molecular complexity index is 623. The minimum Gasteiger partial charge on any atom is -0.438 e. The molecule has 0 aromatic heterocycles. The van der Waals surface area contributed by atoms with Crippen LogP contribution in [0.25, 0.3) is 0 Å². The maximum absolute atomic E-state index is 11.7. The summed E-state index contributed by atoms with van der Waals surface area (Å²) in [5, 5.41) is 2.75. The number of anilines is 1. The van der Waals surface area contributed by atoms with Gasteiger partial charge in [-0.2, -0.15) is 0 Å². The van der Waals surface area contributed by atoms with Crippen LogP contribution < -0.4 is 10.8 Å². The van der Waals surface area contributed by atoms with Crippen molar-refractivity contribution in [2.75, 3.05) is 5.32 Å². The SMILES string of the molecule is CC1(C)OC(=O)Nc2cc(B3OC(C)(C)C(C)(C)O3)ccc21. The molecule has 1 aromatic carbocycles. The number of ether oxygens (including phenoxy) is 1. The lowest BCUT2D eigenvalue weighted by atomic mass is 9.77. The first kappa shape index (κ1) is 15.4. The molecule has 118 valence electrons. The maximum Gasteiger partial charge on any atom is 0.494 e. The van der Waals surface area contributed by atoms with Crippen LogP contribution >= 0.6 is 0 Å². The number of carbonyl (C=O) groups is 1. The fourth-order valence-electron chi connectivity index (χ4n) is 2.74. The van der Waals surface area contributed by atoms with Gasteiger partial charge in [-0.3, -0.25) is 5.32 Å².